The van der Waals surface area contributed by atoms with Gasteiger partial charge >= 0.3 is 0 Å². The van der Waals surface area contributed by atoms with Crippen molar-refractivity contribution in [2.24, 2.45) is 5.18 Å². The van der Waals surface area contributed by atoms with E-state index in [0.29, 0.717) is 11.7 Å². The van der Waals surface area contributed by atoms with E-state index in [1.165, 1.54) is 6.08 Å². The molecule has 0 aromatic heterocycles. The second-order valence-corrected chi connectivity index (χ2v) is 2.61. The number of hydrogen-bond donors (Lipinski definition) is 0. The average molecular weight is 154 g/mol. The fourth-order valence-corrected chi connectivity index (χ4v) is 0.471. The Balaban J connectivity index is 4.25. The van der Waals surface area contributed by atoms with Crippen LogP contribution in [0.5, 0.6) is 0 Å². The van der Waals surface area contributed by atoms with Crippen molar-refractivity contribution in [3.63, 3.8) is 0 Å². The van der Waals surface area contributed by atoms with Crippen LogP contribution in [0.15, 0.2) is 29.7 Å². The first-order valence-electron chi connectivity index (χ1n) is 3.51. The van der Waals surface area contributed by atoms with Crippen molar-refractivity contribution < 1.29 is 0 Å². The minimum atomic E-state index is 0.362. The summed E-state index contributed by atoms with van der Waals surface area (Å²) in [6.07, 6.45) is 3.11. The van der Waals surface area contributed by atoms with Gasteiger partial charge in [-0.25, -0.2) is 0 Å². The van der Waals surface area contributed by atoms with Crippen molar-refractivity contribution in [3.8, 4) is 0 Å². The maximum Gasteiger partial charge on any atom is 0.123 e. The molecule has 0 atom stereocenters. The van der Waals surface area contributed by atoms with Crippen LogP contribution in [0.3, 0.4) is 0 Å². The van der Waals surface area contributed by atoms with E-state index in [-0.39, 0.29) is 0 Å². The number of hydrogen-bond acceptors (Lipinski definition) is 3. The summed E-state index contributed by atoms with van der Waals surface area (Å²) >= 11 is 0. The number of rotatable bonds is 4. The van der Waals surface area contributed by atoms with Gasteiger partial charge in [-0.2, -0.15) is 0 Å². The Morgan fingerprint density at radius 1 is 1.64 bits per heavy atom. The van der Waals surface area contributed by atoms with Gasteiger partial charge in [-0.15, -0.1) is 4.91 Å². The Bertz CT molecular complexity index is 163. The fraction of sp³-hybridized carbons (Fsp3) is 0.500. The van der Waals surface area contributed by atoms with Gasteiger partial charge in [-0.3, -0.25) is 0 Å². The summed E-state index contributed by atoms with van der Waals surface area (Å²) in [6, 6.07) is 0.367. The first kappa shape index (κ1) is 9.88. The topological polar surface area (TPSA) is 32.7 Å². The summed E-state index contributed by atoms with van der Waals surface area (Å²) in [6.45, 7) is 7.52. The predicted octanol–water partition coefficient (Wildman–Crippen LogP) is 2.12. The zero-order valence-corrected chi connectivity index (χ0v) is 7.24. The molecule has 0 aromatic rings. The molecule has 0 amide bonds. The molecule has 3 heteroatoms. The molecule has 0 aliphatic heterocycles. The fourth-order valence-electron chi connectivity index (χ4n) is 0.471. The summed E-state index contributed by atoms with van der Waals surface area (Å²) in [7, 11) is 1.89. The van der Waals surface area contributed by atoms with E-state index in [1.54, 1.807) is 6.20 Å². The zero-order chi connectivity index (χ0) is 8.85. The predicted molar refractivity (Wildman–Crippen MR) is 47.0 cm³/mol. The maximum atomic E-state index is 10.1. The van der Waals surface area contributed by atoms with Crippen LogP contribution in [-0.2, 0) is 0 Å². The van der Waals surface area contributed by atoms with Gasteiger partial charge in [-0.05, 0) is 25.1 Å². The molecular formula is C8H14N2O. The minimum Gasteiger partial charge on any atom is -0.376 e. The lowest BCUT2D eigenvalue weighted by atomic mass is 10.3. The average Bonchev–Trinajstić information content (AvgIpc) is 1.99. The second kappa shape index (κ2) is 4.66. The lowest BCUT2D eigenvalue weighted by molar-refractivity contribution is 0.373. The van der Waals surface area contributed by atoms with Crippen LogP contribution in [0.25, 0.3) is 0 Å². The van der Waals surface area contributed by atoms with Gasteiger partial charge in [0.2, 0.25) is 0 Å². The van der Waals surface area contributed by atoms with Gasteiger partial charge < -0.3 is 4.90 Å². The van der Waals surface area contributed by atoms with E-state index in [1.807, 2.05) is 25.8 Å². The Kier molecular flexibility index (Phi) is 4.18. The molecule has 0 aromatic carbocycles. The van der Waals surface area contributed by atoms with E-state index in [0.717, 1.165) is 0 Å². The third-order valence-electron chi connectivity index (χ3n) is 1.46. The maximum absolute atomic E-state index is 10.1. The second-order valence-electron chi connectivity index (χ2n) is 2.61. The van der Waals surface area contributed by atoms with Crippen LogP contribution in [0.1, 0.15) is 13.8 Å². The lowest BCUT2D eigenvalue weighted by Gasteiger charge is -2.18. The smallest absolute Gasteiger partial charge is 0.123 e. The first-order valence-corrected chi connectivity index (χ1v) is 3.51. The van der Waals surface area contributed by atoms with Crippen LogP contribution in [0.4, 0.5) is 0 Å². The molecule has 0 spiro atoms. The van der Waals surface area contributed by atoms with Gasteiger partial charge in [0, 0.05) is 19.3 Å². The Morgan fingerprint density at radius 3 is 2.45 bits per heavy atom. The van der Waals surface area contributed by atoms with Crippen LogP contribution < -0.4 is 0 Å². The molecule has 0 N–H and O–H groups in total. The highest BCUT2D eigenvalue weighted by molar-refractivity contribution is 5.13. The highest BCUT2D eigenvalue weighted by Crippen LogP contribution is 2.01. The summed E-state index contributed by atoms with van der Waals surface area (Å²) < 4.78 is 0. The van der Waals surface area contributed by atoms with E-state index >= 15 is 0 Å². The normalized spacial score (nSPS) is 11.5. The quantitative estimate of drug-likeness (QED) is 0.459. The standard InChI is InChI=1S/C8H14N2O/c1-5-8(9-11)6-10(4)7(2)3/h5-7H,1H2,2-4H3/b8-6+. The molecular weight excluding hydrogens is 140 g/mol. The van der Waals surface area contributed by atoms with Crippen molar-refractivity contribution in [3.05, 3.63) is 29.5 Å². The molecule has 62 valence electrons. The van der Waals surface area contributed by atoms with Crippen molar-refractivity contribution in [1.29, 1.82) is 0 Å². The summed E-state index contributed by atoms with van der Waals surface area (Å²) in [4.78, 5) is 12.0. The Morgan fingerprint density at radius 2 is 2.18 bits per heavy atom. The van der Waals surface area contributed by atoms with Gasteiger partial charge in [-0.1, -0.05) is 6.58 Å². The molecule has 11 heavy (non-hydrogen) atoms. The molecule has 0 fully saturated rings. The van der Waals surface area contributed by atoms with Crippen molar-refractivity contribution in [2.45, 2.75) is 19.9 Å². The van der Waals surface area contributed by atoms with Crippen molar-refractivity contribution >= 4 is 0 Å². The SMILES string of the molecule is C=C/C(=C\N(C)C(C)C)N=O. The van der Waals surface area contributed by atoms with Crippen molar-refractivity contribution in [1.82, 2.24) is 4.90 Å². The van der Waals surface area contributed by atoms with E-state index in [9.17, 15) is 4.91 Å². The highest BCUT2D eigenvalue weighted by Gasteiger charge is 1.98. The molecule has 3 nitrogen and oxygen atoms in total. The third-order valence-corrected chi connectivity index (χ3v) is 1.46. The van der Waals surface area contributed by atoms with Gasteiger partial charge in [0.05, 0.1) is 0 Å². The first-order chi connectivity index (χ1) is 5.11. The molecule has 0 aliphatic carbocycles. The Hall–Kier alpha value is -1.12. The number of allylic oxidation sites excluding steroid dienone is 1. The largest absolute Gasteiger partial charge is 0.376 e. The molecule has 0 saturated carbocycles. The Labute approximate surface area is 67.4 Å². The van der Waals surface area contributed by atoms with E-state index < -0.39 is 0 Å². The molecule has 0 saturated heterocycles. The summed E-state index contributed by atoms with van der Waals surface area (Å²) in [5, 5.41) is 2.78. The van der Waals surface area contributed by atoms with E-state index in [4.69, 9.17) is 0 Å². The molecule has 0 aliphatic rings. The monoisotopic (exact) mass is 154 g/mol. The molecule has 0 radical (unpaired) electrons. The molecule has 0 bridgehead atoms. The van der Waals surface area contributed by atoms with Crippen LogP contribution in [-0.4, -0.2) is 18.0 Å². The van der Waals surface area contributed by atoms with Gasteiger partial charge in [0.25, 0.3) is 0 Å². The molecule has 0 unspecified atom stereocenters. The third kappa shape index (κ3) is 3.55. The number of nitrogens with zero attached hydrogens (tertiary/aromatic N) is 2. The number of nitroso groups, excluding NO2 is 1. The van der Waals surface area contributed by atoms with E-state index in [2.05, 4.69) is 11.8 Å². The molecule has 0 rings (SSSR count). The lowest BCUT2D eigenvalue weighted by Crippen LogP contribution is -2.20. The summed E-state index contributed by atoms with van der Waals surface area (Å²) in [5.41, 5.74) is 0.362. The van der Waals surface area contributed by atoms with Crippen LogP contribution >= 0.6 is 0 Å². The molecule has 0 heterocycles. The minimum absolute atomic E-state index is 0.362. The van der Waals surface area contributed by atoms with Crippen LogP contribution in [0.2, 0.25) is 0 Å². The highest BCUT2D eigenvalue weighted by atomic mass is 16.3. The van der Waals surface area contributed by atoms with Gasteiger partial charge in [0.1, 0.15) is 5.70 Å². The van der Waals surface area contributed by atoms with Crippen LogP contribution in [0, 0.1) is 4.91 Å². The summed E-state index contributed by atoms with van der Waals surface area (Å²) in [5.74, 6) is 0. The zero-order valence-electron chi connectivity index (χ0n) is 7.24. The van der Waals surface area contributed by atoms with Crippen molar-refractivity contribution in [2.75, 3.05) is 7.05 Å². The van der Waals surface area contributed by atoms with Gasteiger partial charge in [0.15, 0.2) is 0 Å².